The molecule has 0 aliphatic carbocycles. The summed E-state index contributed by atoms with van der Waals surface area (Å²) >= 11 is 0. The molecule has 0 radical (unpaired) electrons. The van der Waals surface area contributed by atoms with E-state index in [1.165, 1.54) is 6.21 Å². The number of primary amides is 1. The number of hydrogen-bond acceptors (Lipinski definition) is 4. The average Bonchev–Trinajstić information content (AvgIpc) is 2.54. The highest BCUT2D eigenvalue weighted by Crippen LogP contribution is 2.17. The van der Waals surface area contributed by atoms with Gasteiger partial charge in [-0.05, 0) is 26.3 Å². The van der Waals surface area contributed by atoms with Crippen molar-refractivity contribution in [1.29, 1.82) is 0 Å². The number of ether oxygens (including phenoxy) is 1. The third-order valence-corrected chi connectivity index (χ3v) is 2.32. The minimum absolute atomic E-state index is 0.315. The minimum Gasteiger partial charge on any atom is -0.462 e. The predicted molar refractivity (Wildman–Crippen MR) is 66.5 cm³/mol. The van der Waals surface area contributed by atoms with Gasteiger partial charge in [-0.15, -0.1) is 0 Å². The number of rotatable bonds is 4. The van der Waals surface area contributed by atoms with Gasteiger partial charge < -0.3 is 15.5 Å². The maximum atomic E-state index is 11.7. The molecule has 0 unspecified atom stereocenters. The van der Waals surface area contributed by atoms with Crippen molar-refractivity contribution >= 4 is 18.2 Å². The second-order valence-corrected chi connectivity index (χ2v) is 3.62. The number of esters is 1. The highest BCUT2D eigenvalue weighted by atomic mass is 16.5. The summed E-state index contributed by atoms with van der Waals surface area (Å²) in [5.74, 6) is -0.383. The van der Waals surface area contributed by atoms with Crippen LogP contribution in [0.4, 0.5) is 4.79 Å². The lowest BCUT2D eigenvalue weighted by molar-refractivity contribution is 0.0525. The van der Waals surface area contributed by atoms with Crippen molar-refractivity contribution in [2.45, 2.75) is 20.8 Å². The molecule has 0 saturated heterocycles. The second-order valence-electron chi connectivity index (χ2n) is 3.62. The molecule has 18 heavy (non-hydrogen) atoms. The largest absolute Gasteiger partial charge is 0.462 e. The average molecular weight is 252 g/mol. The molecule has 4 N–H and O–H groups in total. The van der Waals surface area contributed by atoms with Crippen LogP contribution < -0.4 is 11.2 Å². The number of urea groups is 1. The van der Waals surface area contributed by atoms with Crippen molar-refractivity contribution in [3.05, 3.63) is 22.5 Å². The number of aromatic nitrogens is 1. The molecule has 7 heteroatoms. The molecule has 0 aromatic carbocycles. The Morgan fingerprint density at radius 1 is 1.50 bits per heavy atom. The molecule has 0 aliphatic heterocycles. The van der Waals surface area contributed by atoms with E-state index in [0.717, 1.165) is 0 Å². The lowest BCUT2D eigenvalue weighted by Gasteiger charge is -2.01. The van der Waals surface area contributed by atoms with Crippen LogP contribution in [-0.4, -0.2) is 29.8 Å². The Kier molecular flexibility index (Phi) is 4.47. The smallest absolute Gasteiger partial charge is 0.340 e. The number of nitrogens with zero attached hydrogens (tertiary/aromatic N) is 1. The Labute approximate surface area is 104 Å². The SMILES string of the molecule is CCOC(=O)c1c(C)[nH]c(C=NNC(N)=O)c1C. The molecule has 0 spiro atoms. The minimum atomic E-state index is -0.752. The van der Waals surface area contributed by atoms with Crippen LogP contribution in [0.25, 0.3) is 0 Å². The molecule has 0 fully saturated rings. The molecule has 0 saturated carbocycles. The highest BCUT2D eigenvalue weighted by molar-refractivity contribution is 5.96. The molecule has 7 nitrogen and oxygen atoms in total. The number of amides is 2. The lowest BCUT2D eigenvalue weighted by Crippen LogP contribution is -2.24. The van der Waals surface area contributed by atoms with Gasteiger partial charge >= 0.3 is 12.0 Å². The van der Waals surface area contributed by atoms with E-state index in [2.05, 4.69) is 15.5 Å². The predicted octanol–water partition coefficient (Wildman–Crippen LogP) is 0.810. The van der Waals surface area contributed by atoms with E-state index in [9.17, 15) is 9.59 Å². The molecule has 0 atom stereocenters. The topological polar surface area (TPSA) is 110 Å². The Balaban J connectivity index is 2.97. The van der Waals surface area contributed by atoms with Crippen molar-refractivity contribution in [2.24, 2.45) is 10.8 Å². The number of carbonyl (C=O) groups is 2. The maximum Gasteiger partial charge on any atom is 0.340 e. The van der Waals surface area contributed by atoms with Crippen LogP contribution in [0.2, 0.25) is 0 Å². The number of H-pyrrole nitrogens is 1. The number of aromatic amines is 1. The maximum absolute atomic E-state index is 11.7. The fourth-order valence-corrected chi connectivity index (χ4v) is 1.57. The number of nitrogens with one attached hydrogen (secondary N) is 2. The van der Waals surface area contributed by atoms with E-state index in [4.69, 9.17) is 10.5 Å². The normalized spacial score (nSPS) is 10.6. The van der Waals surface area contributed by atoms with Crippen LogP contribution in [0.3, 0.4) is 0 Å². The van der Waals surface area contributed by atoms with Crippen molar-refractivity contribution in [3.8, 4) is 0 Å². The van der Waals surface area contributed by atoms with E-state index in [-0.39, 0.29) is 5.97 Å². The fraction of sp³-hybridized carbons (Fsp3) is 0.364. The van der Waals surface area contributed by atoms with Gasteiger partial charge in [-0.1, -0.05) is 0 Å². The van der Waals surface area contributed by atoms with Crippen LogP contribution in [0.5, 0.6) is 0 Å². The molecular weight excluding hydrogens is 236 g/mol. The van der Waals surface area contributed by atoms with E-state index < -0.39 is 6.03 Å². The van der Waals surface area contributed by atoms with Crippen LogP contribution in [0.1, 0.15) is 34.2 Å². The van der Waals surface area contributed by atoms with E-state index in [1.807, 2.05) is 0 Å². The fourth-order valence-electron chi connectivity index (χ4n) is 1.57. The third kappa shape index (κ3) is 3.09. The van der Waals surface area contributed by atoms with E-state index in [0.29, 0.717) is 29.1 Å². The first kappa shape index (κ1) is 13.8. The van der Waals surface area contributed by atoms with Gasteiger partial charge in [0.2, 0.25) is 0 Å². The van der Waals surface area contributed by atoms with Crippen molar-refractivity contribution in [3.63, 3.8) is 0 Å². The number of hydrazone groups is 1. The molecular formula is C11H16N4O3. The zero-order valence-electron chi connectivity index (χ0n) is 10.5. The molecule has 1 aromatic rings. The van der Waals surface area contributed by atoms with Gasteiger partial charge in [0, 0.05) is 5.69 Å². The van der Waals surface area contributed by atoms with Gasteiger partial charge in [-0.3, -0.25) is 0 Å². The zero-order chi connectivity index (χ0) is 13.7. The summed E-state index contributed by atoms with van der Waals surface area (Å²) in [7, 11) is 0. The van der Waals surface area contributed by atoms with Crippen LogP contribution in [0.15, 0.2) is 5.10 Å². The van der Waals surface area contributed by atoms with E-state index in [1.54, 1.807) is 20.8 Å². The first-order valence-electron chi connectivity index (χ1n) is 5.42. The summed E-state index contributed by atoms with van der Waals surface area (Å²) in [5.41, 5.74) is 9.44. The van der Waals surface area contributed by atoms with E-state index >= 15 is 0 Å². The molecule has 1 rings (SSSR count). The molecule has 0 bridgehead atoms. The zero-order valence-corrected chi connectivity index (χ0v) is 10.5. The molecule has 1 aromatic heterocycles. The van der Waals surface area contributed by atoms with Crippen molar-refractivity contribution in [1.82, 2.24) is 10.4 Å². The Morgan fingerprint density at radius 3 is 2.72 bits per heavy atom. The van der Waals surface area contributed by atoms with Crippen LogP contribution in [0, 0.1) is 13.8 Å². The summed E-state index contributed by atoms with van der Waals surface area (Å²) in [6.07, 6.45) is 1.38. The van der Waals surface area contributed by atoms with Gasteiger partial charge in [0.25, 0.3) is 0 Å². The number of carbonyl (C=O) groups excluding carboxylic acids is 2. The Hall–Kier alpha value is -2.31. The summed E-state index contributed by atoms with van der Waals surface area (Å²) in [5, 5.41) is 3.63. The number of aryl methyl sites for hydroxylation is 1. The molecule has 2 amide bonds. The summed E-state index contributed by atoms with van der Waals surface area (Å²) < 4.78 is 4.95. The monoisotopic (exact) mass is 252 g/mol. The quantitative estimate of drug-likeness (QED) is 0.419. The first-order valence-corrected chi connectivity index (χ1v) is 5.42. The summed E-state index contributed by atoms with van der Waals surface area (Å²) in [6.45, 7) is 5.59. The lowest BCUT2D eigenvalue weighted by atomic mass is 10.1. The van der Waals surface area contributed by atoms with Gasteiger partial charge in [-0.25, -0.2) is 15.0 Å². The summed E-state index contributed by atoms with van der Waals surface area (Å²) in [6, 6.07) is -0.752. The van der Waals surface area contributed by atoms with Gasteiger partial charge in [-0.2, -0.15) is 5.10 Å². The van der Waals surface area contributed by atoms with Crippen molar-refractivity contribution < 1.29 is 14.3 Å². The Bertz CT molecular complexity index is 491. The highest BCUT2D eigenvalue weighted by Gasteiger charge is 2.18. The van der Waals surface area contributed by atoms with Crippen molar-refractivity contribution in [2.75, 3.05) is 6.61 Å². The summed E-state index contributed by atoms with van der Waals surface area (Å²) in [4.78, 5) is 25.1. The van der Waals surface area contributed by atoms with Gasteiger partial charge in [0.1, 0.15) is 0 Å². The molecule has 0 aliphatic rings. The molecule has 1 heterocycles. The van der Waals surface area contributed by atoms with Gasteiger partial charge in [0.15, 0.2) is 0 Å². The number of hydrogen-bond donors (Lipinski definition) is 3. The van der Waals surface area contributed by atoms with Gasteiger partial charge in [0.05, 0.1) is 24.1 Å². The van der Waals surface area contributed by atoms with Crippen LogP contribution in [-0.2, 0) is 4.74 Å². The second kappa shape index (κ2) is 5.85. The van der Waals surface area contributed by atoms with Crippen LogP contribution >= 0.6 is 0 Å². The first-order chi connectivity index (χ1) is 8.47. The number of nitrogens with two attached hydrogens (primary N) is 1. The third-order valence-electron chi connectivity index (χ3n) is 2.32. The molecule has 98 valence electrons. The Morgan fingerprint density at radius 2 is 2.17 bits per heavy atom. The standard InChI is InChI=1S/C11H16N4O3/c1-4-18-10(16)9-6(2)8(14-7(9)3)5-13-15-11(12)17/h5,14H,4H2,1-3H3,(H3,12,15,17).